The van der Waals surface area contributed by atoms with Crippen molar-refractivity contribution in [2.75, 3.05) is 0 Å². The zero-order valence-corrected chi connectivity index (χ0v) is 5.00. The number of sulfonamides is 1. The molecule has 7 heteroatoms. The molecule has 0 fully saturated rings. The van der Waals surface area contributed by atoms with Crippen LogP contribution >= 0.6 is 0 Å². The van der Waals surface area contributed by atoms with E-state index in [1.807, 2.05) is 0 Å². The van der Waals surface area contributed by atoms with Crippen molar-refractivity contribution in [1.82, 2.24) is 10.3 Å². The molecule has 50 valence electrons. The first-order chi connectivity index (χ1) is 4.11. The lowest BCUT2D eigenvalue weighted by Gasteiger charge is -1.82. The number of rotatable bonds is 1. The maximum absolute atomic E-state index is 10.3. The van der Waals surface area contributed by atoms with Crippen molar-refractivity contribution in [3.8, 4) is 0 Å². The van der Waals surface area contributed by atoms with Gasteiger partial charge in [-0.15, -0.1) is 0 Å². The van der Waals surface area contributed by atoms with Crippen molar-refractivity contribution >= 4 is 10.0 Å². The molecule has 9 heavy (non-hydrogen) atoms. The smallest absolute Gasteiger partial charge is 0.243 e. The van der Waals surface area contributed by atoms with Crippen molar-refractivity contribution < 1.29 is 13.0 Å². The third kappa shape index (κ3) is 1.24. The maximum Gasteiger partial charge on any atom is 0.260 e. The summed E-state index contributed by atoms with van der Waals surface area (Å²) in [5, 5.41) is 10.3. The van der Waals surface area contributed by atoms with E-state index in [0.29, 0.717) is 0 Å². The van der Waals surface area contributed by atoms with Gasteiger partial charge in [0.25, 0.3) is 10.0 Å². The number of hydrogen-bond donors (Lipinski definition) is 1. The Morgan fingerprint density at radius 1 is 1.67 bits per heavy atom. The Hall–Kier alpha value is -0.950. The highest BCUT2D eigenvalue weighted by atomic mass is 32.2. The summed E-state index contributed by atoms with van der Waals surface area (Å²) in [5.41, 5.74) is 0. The summed E-state index contributed by atoms with van der Waals surface area (Å²) in [6.07, 6.45) is 0.926. The van der Waals surface area contributed by atoms with Crippen LogP contribution in [0.1, 0.15) is 0 Å². The monoisotopic (exact) mass is 149 g/mol. The van der Waals surface area contributed by atoms with E-state index in [2.05, 4.69) is 20.1 Å². The van der Waals surface area contributed by atoms with E-state index < -0.39 is 10.0 Å². The van der Waals surface area contributed by atoms with E-state index in [1.165, 1.54) is 0 Å². The third-order valence-electron chi connectivity index (χ3n) is 0.633. The SMILES string of the molecule is NS(=O)(=O)c1cnon1. The molecule has 0 bridgehead atoms. The molecule has 6 nitrogen and oxygen atoms in total. The predicted molar refractivity (Wildman–Crippen MR) is 25.7 cm³/mol. The van der Waals surface area contributed by atoms with E-state index in [-0.39, 0.29) is 5.03 Å². The van der Waals surface area contributed by atoms with E-state index in [0.717, 1.165) is 6.20 Å². The molecule has 0 radical (unpaired) electrons. The lowest BCUT2D eigenvalue weighted by Crippen LogP contribution is -2.12. The summed E-state index contributed by atoms with van der Waals surface area (Å²) in [7, 11) is -3.73. The summed E-state index contributed by atoms with van der Waals surface area (Å²) in [6, 6.07) is 0. The second kappa shape index (κ2) is 1.78. The molecular formula is C2H3N3O3S. The van der Waals surface area contributed by atoms with Gasteiger partial charge in [-0.1, -0.05) is 5.16 Å². The topological polar surface area (TPSA) is 99.1 Å². The van der Waals surface area contributed by atoms with Gasteiger partial charge in [0.1, 0.15) is 6.20 Å². The van der Waals surface area contributed by atoms with E-state index >= 15 is 0 Å². The molecule has 2 N–H and O–H groups in total. The van der Waals surface area contributed by atoms with Gasteiger partial charge in [-0.2, -0.15) is 0 Å². The van der Waals surface area contributed by atoms with Crippen LogP contribution in [0.25, 0.3) is 0 Å². The first kappa shape index (κ1) is 6.17. The van der Waals surface area contributed by atoms with Crippen LogP contribution in [0.2, 0.25) is 0 Å². The van der Waals surface area contributed by atoms with Gasteiger partial charge in [0.15, 0.2) is 0 Å². The molecule has 0 spiro atoms. The highest BCUT2D eigenvalue weighted by Crippen LogP contribution is 1.96. The average Bonchev–Trinajstić information content (AvgIpc) is 2.08. The van der Waals surface area contributed by atoms with Crippen LogP contribution in [0, 0.1) is 0 Å². The van der Waals surface area contributed by atoms with Crippen LogP contribution in [0.3, 0.4) is 0 Å². The van der Waals surface area contributed by atoms with Crippen molar-refractivity contribution in [3.05, 3.63) is 6.20 Å². The van der Waals surface area contributed by atoms with Gasteiger partial charge in [-0.3, -0.25) is 0 Å². The molecule has 0 aliphatic carbocycles. The van der Waals surface area contributed by atoms with Crippen LogP contribution in [0.5, 0.6) is 0 Å². The Morgan fingerprint density at radius 2 is 2.33 bits per heavy atom. The summed E-state index contributed by atoms with van der Waals surface area (Å²) in [4.78, 5) is 0. The molecule has 0 aliphatic heterocycles. The molecule has 0 atom stereocenters. The molecule has 1 rings (SSSR count). The zero-order valence-electron chi connectivity index (χ0n) is 4.18. The maximum atomic E-state index is 10.3. The lowest BCUT2D eigenvalue weighted by molar-refractivity contribution is 0.297. The number of nitrogens with zero attached hydrogens (tertiary/aromatic N) is 2. The summed E-state index contributed by atoms with van der Waals surface area (Å²) >= 11 is 0. The van der Waals surface area contributed by atoms with Crippen molar-refractivity contribution in [2.45, 2.75) is 5.03 Å². The number of aromatic nitrogens is 2. The standard InChI is InChI=1S/C2H3N3O3S/c3-9(6,7)2-1-4-8-5-2/h1H,(H2,3,6,7). The van der Waals surface area contributed by atoms with E-state index in [1.54, 1.807) is 0 Å². The Labute approximate surface area is 50.7 Å². The highest BCUT2D eigenvalue weighted by molar-refractivity contribution is 7.89. The fraction of sp³-hybridized carbons (Fsp3) is 0. The van der Waals surface area contributed by atoms with Gasteiger partial charge in [0.2, 0.25) is 5.03 Å². The third-order valence-corrected chi connectivity index (χ3v) is 1.40. The molecule has 1 aromatic rings. The molecule has 0 unspecified atom stereocenters. The Balaban J connectivity index is 3.20. The van der Waals surface area contributed by atoms with Crippen molar-refractivity contribution in [1.29, 1.82) is 0 Å². The van der Waals surface area contributed by atoms with Gasteiger partial charge in [-0.25, -0.2) is 18.2 Å². The fourth-order valence-electron chi connectivity index (χ4n) is 0.281. The molecule has 1 aromatic heterocycles. The molecule has 0 saturated carbocycles. The van der Waals surface area contributed by atoms with Crippen LogP contribution in [0.15, 0.2) is 15.9 Å². The fourth-order valence-corrected chi connectivity index (χ4v) is 0.609. The summed E-state index contributed by atoms with van der Waals surface area (Å²) < 4.78 is 24.6. The number of hydrogen-bond acceptors (Lipinski definition) is 5. The molecule has 0 amide bonds. The minimum Gasteiger partial charge on any atom is -0.243 e. The summed E-state index contributed by atoms with van der Waals surface area (Å²) in [6.45, 7) is 0. The quantitative estimate of drug-likeness (QED) is 0.536. The lowest BCUT2D eigenvalue weighted by atomic mass is 11.0. The second-order valence-electron chi connectivity index (χ2n) is 1.29. The van der Waals surface area contributed by atoms with Gasteiger partial charge in [0, 0.05) is 0 Å². The second-order valence-corrected chi connectivity index (χ2v) is 2.80. The van der Waals surface area contributed by atoms with E-state index in [4.69, 9.17) is 0 Å². The van der Waals surface area contributed by atoms with Crippen LogP contribution in [0.4, 0.5) is 0 Å². The normalized spacial score (nSPS) is 11.7. The van der Waals surface area contributed by atoms with Gasteiger partial charge in [0.05, 0.1) is 0 Å². The molecule has 0 aliphatic rings. The molecular weight excluding hydrogens is 146 g/mol. The predicted octanol–water partition coefficient (Wildman–Crippen LogP) is -1.28. The number of nitrogens with two attached hydrogens (primary N) is 1. The molecule has 0 saturated heterocycles. The van der Waals surface area contributed by atoms with Gasteiger partial charge < -0.3 is 0 Å². The first-order valence-electron chi connectivity index (χ1n) is 1.91. The minimum atomic E-state index is -3.73. The van der Waals surface area contributed by atoms with Crippen molar-refractivity contribution in [3.63, 3.8) is 0 Å². The molecule has 0 aromatic carbocycles. The van der Waals surface area contributed by atoms with E-state index in [9.17, 15) is 8.42 Å². The molecule has 1 heterocycles. The number of primary sulfonamides is 1. The first-order valence-corrected chi connectivity index (χ1v) is 3.46. The Kier molecular flexibility index (Phi) is 1.22. The van der Waals surface area contributed by atoms with Crippen molar-refractivity contribution in [2.24, 2.45) is 5.14 Å². The highest BCUT2D eigenvalue weighted by Gasteiger charge is 2.10. The summed E-state index contributed by atoms with van der Waals surface area (Å²) in [5.74, 6) is 0. The minimum absolute atomic E-state index is 0.359. The van der Waals surface area contributed by atoms with Gasteiger partial charge in [-0.05, 0) is 5.16 Å². The van der Waals surface area contributed by atoms with Crippen LogP contribution in [-0.4, -0.2) is 18.7 Å². The Bertz CT molecular complexity index is 274. The average molecular weight is 149 g/mol. The zero-order chi connectivity index (χ0) is 6.91. The van der Waals surface area contributed by atoms with Gasteiger partial charge >= 0.3 is 0 Å². The van der Waals surface area contributed by atoms with Crippen LogP contribution in [-0.2, 0) is 10.0 Å². The Morgan fingerprint density at radius 3 is 2.56 bits per heavy atom. The van der Waals surface area contributed by atoms with Crippen LogP contribution < -0.4 is 5.14 Å². The largest absolute Gasteiger partial charge is 0.260 e.